The number of carboxylic acid groups (broad SMARTS) is 1. The summed E-state index contributed by atoms with van der Waals surface area (Å²) < 4.78 is 40.5. The number of halogens is 1. The zero-order chi connectivity index (χ0) is 16.5. The number of nitrogens with one attached hydrogen (secondary N) is 1. The van der Waals surface area contributed by atoms with Gasteiger partial charge in [-0.15, -0.1) is 0 Å². The molecule has 0 aliphatic carbocycles. The van der Waals surface area contributed by atoms with Crippen LogP contribution < -0.4 is 4.72 Å². The minimum atomic E-state index is -4.07. The molecule has 2 N–H and O–H groups in total. The Morgan fingerprint density at radius 2 is 1.68 bits per heavy atom. The number of anilines is 1. The molecule has 0 amide bonds. The smallest absolute Gasteiger partial charge is 0.337 e. The van der Waals surface area contributed by atoms with Gasteiger partial charge < -0.3 is 5.11 Å². The second kappa shape index (κ2) is 5.76. The van der Waals surface area contributed by atoms with E-state index in [2.05, 4.69) is 0 Å². The van der Waals surface area contributed by atoms with Crippen molar-refractivity contribution >= 4 is 21.7 Å². The molecule has 116 valence electrons. The molecule has 0 aliphatic heterocycles. The average molecular weight is 323 g/mol. The third kappa shape index (κ3) is 3.25. The van der Waals surface area contributed by atoms with Gasteiger partial charge in [-0.1, -0.05) is 17.7 Å². The number of carbonyl (C=O) groups is 1. The van der Waals surface area contributed by atoms with Gasteiger partial charge in [0.15, 0.2) is 0 Å². The van der Waals surface area contributed by atoms with Crippen LogP contribution in [-0.2, 0) is 10.0 Å². The third-order valence-electron chi connectivity index (χ3n) is 3.03. The zero-order valence-electron chi connectivity index (χ0n) is 11.9. The normalized spacial score (nSPS) is 11.2. The van der Waals surface area contributed by atoms with E-state index in [1.807, 2.05) is 4.72 Å². The summed E-state index contributed by atoms with van der Waals surface area (Å²) in [6.45, 7) is 3.32. The Hall–Kier alpha value is -2.41. The first-order valence-corrected chi connectivity index (χ1v) is 7.82. The molecular formula is C15H14FNO4S. The molecule has 0 fully saturated rings. The predicted molar refractivity (Wildman–Crippen MR) is 80.1 cm³/mol. The quantitative estimate of drug-likeness (QED) is 0.906. The molecule has 0 saturated heterocycles. The SMILES string of the molecule is Cc1ccc(S(=O)(=O)Nc2c(F)cc(C)cc2C(=O)O)cc1. The lowest BCUT2D eigenvalue weighted by molar-refractivity contribution is 0.0697. The number of aryl methyl sites for hydroxylation is 2. The highest BCUT2D eigenvalue weighted by Crippen LogP contribution is 2.25. The van der Waals surface area contributed by atoms with Crippen LogP contribution in [0.4, 0.5) is 10.1 Å². The maximum Gasteiger partial charge on any atom is 0.337 e. The van der Waals surface area contributed by atoms with Gasteiger partial charge in [-0.2, -0.15) is 0 Å². The van der Waals surface area contributed by atoms with Crippen molar-refractivity contribution in [3.63, 3.8) is 0 Å². The van der Waals surface area contributed by atoms with Crippen LogP contribution in [0.2, 0.25) is 0 Å². The number of rotatable bonds is 4. The molecule has 5 nitrogen and oxygen atoms in total. The van der Waals surface area contributed by atoms with Crippen LogP contribution in [0, 0.1) is 19.7 Å². The van der Waals surface area contributed by atoms with Gasteiger partial charge in [0.1, 0.15) is 5.82 Å². The Morgan fingerprint density at radius 1 is 1.09 bits per heavy atom. The minimum absolute atomic E-state index is 0.0746. The molecule has 0 radical (unpaired) electrons. The molecule has 2 rings (SSSR count). The molecule has 7 heteroatoms. The van der Waals surface area contributed by atoms with Crippen molar-refractivity contribution in [3.8, 4) is 0 Å². The van der Waals surface area contributed by atoms with E-state index in [-0.39, 0.29) is 4.90 Å². The third-order valence-corrected chi connectivity index (χ3v) is 4.40. The molecular weight excluding hydrogens is 309 g/mol. The van der Waals surface area contributed by atoms with Crippen molar-refractivity contribution in [1.82, 2.24) is 0 Å². The molecule has 0 aromatic heterocycles. The van der Waals surface area contributed by atoms with Crippen molar-refractivity contribution in [1.29, 1.82) is 0 Å². The lowest BCUT2D eigenvalue weighted by atomic mass is 10.1. The maximum atomic E-state index is 14.0. The van der Waals surface area contributed by atoms with E-state index >= 15 is 0 Å². The van der Waals surface area contributed by atoms with Gasteiger partial charge in [-0.25, -0.2) is 17.6 Å². The van der Waals surface area contributed by atoms with Crippen LogP contribution in [0.5, 0.6) is 0 Å². The van der Waals surface area contributed by atoms with Crippen molar-refractivity contribution < 1.29 is 22.7 Å². The van der Waals surface area contributed by atoms with Crippen molar-refractivity contribution in [2.45, 2.75) is 18.7 Å². The van der Waals surface area contributed by atoms with Gasteiger partial charge >= 0.3 is 5.97 Å². The van der Waals surface area contributed by atoms with E-state index in [9.17, 15) is 17.6 Å². The van der Waals surface area contributed by atoms with Crippen molar-refractivity contribution in [2.24, 2.45) is 0 Å². The Balaban J connectivity index is 2.50. The first-order chi connectivity index (χ1) is 10.2. The molecule has 0 atom stereocenters. The van der Waals surface area contributed by atoms with Gasteiger partial charge in [0, 0.05) is 0 Å². The topological polar surface area (TPSA) is 83.5 Å². The van der Waals surface area contributed by atoms with Gasteiger partial charge in [-0.3, -0.25) is 4.72 Å². The number of carboxylic acids is 1. The van der Waals surface area contributed by atoms with Crippen LogP contribution in [0.3, 0.4) is 0 Å². The molecule has 2 aromatic rings. The fourth-order valence-electron chi connectivity index (χ4n) is 1.93. The number of aromatic carboxylic acids is 1. The highest BCUT2D eigenvalue weighted by molar-refractivity contribution is 7.92. The summed E-state index contributed by atoms with van der Waals surface area (Å²) in [6.07, 6.45) is 0. The summed E-state index contributed by atoms with van der Waals surface area (Å²) in [4.78, 5) is 11.1. The van der Waals surface area contributed by atoms with E-state index in [1.54, 1.807) is 19.1 Å². The largest absolute Gasteiger partial charge is 0.478 e. The van der Waals surface area contributed by atoms with Gasteiger partial charge in [0.25, 0.3) is 10.0 Å². The van der Waals surface area contributed by atoms with E-state index in [1.165, 1.54) is 25.1 Å². The second-order valence-corrected chi connectivity index (χ2v) is 6.58. The van der Waals surface area contributed by atoms with Crippen LogP contribution in [0.1, 0.15) is 21.5 Å². The van der Waals surface area contributed by atoms with Crippen LogP contribution in [0.25, 0.3) is 0 Å². The number of sulfonamides is 1. The van der Waals surface area contributed by atoms with Crippen LogP contribution >= 0.6 is 0 Å². The monoisotopic (exact) mass is 323 g/mol. The average Bonchev–Trinajstić information content (AvgIpc) is 2.41. The van der Waals surface area contributed by atoms with Crippen LogP contribution in [0.15, 0.2) is 41.3 Å². The highest BCUT2D eigenvalue weighted by Gasteiger charge is 2.22. The first-order valence-electron chi connectivity index (χ1n) is 6.33. The van der Waals surface area contributed by atoms with Crippen LogP contribution in [-0.4, -0.2) is 19.5 Å². The fourth-order valence-corrected chi connectivity index (χ4v) is 3.01. The van der Waals surface area contributed by atoms with E-state index in [4.69, 9.17) is 5.11 Å². The van der Waals surface area contributed by atoms with E-state index in [0.717, 1.165) is 11.6 Å². The lowest BCUT2D eigenvalue weighted by Gasteiger charge is -2.12. The number of benzene rings is 2. The van der Waals surface area contributed by atoms with E-state index in [0.29, 0.717) is 5.56 Å². The summed E-state index contributed by atoms with van der Waals surface area (Å²) in [6, 6.07) is 8.20. The van der Waals surface area contributed by atoms with Crippen molar-refractivity contribution in [3.05, 3.63) is 58.9 Å². The zero-order valence-corrected chi connectivity index (χ0v) is 12.7. The molecule has 0 saturated carbocycles. The van der Waals surface area contributed by atoms with Gasteiger partial charge in [0.05, 0.1) is 16.1 Å². The maximum absolute atomic E-state index is 14.0. The Bertz CT molecular complexity index is 829. The highest BCUT2D eigenvalue weighted by atomic mass is 32.2. The Labute approximate surface area is 127 Å². The molecule has 2 aromatic carbocycles. The lowest BCUT2D eigenvalue weighted by Crippen LogP contribution is -2.17. The summed E-state index contributed by atoms with van der Waals surface area (Å²) in [5.41, 5.74) is 0.242. The fraction of sp³-hybridized carbons (Fsp3) is 0.133. The molecule has 0 spiro atoms. The molecule has 0 aliphatic rings. The molecule has 0 heterocycles. The number of hydrogen-bond acceptors (Lipinski definition) is 3. The standard InChI is InChI=1S/C15H14FNO4S/c1-9-3-5-11(6-4-9)22(20,21)17-14-12(15(18)19)7-10(2)8-13(14)16/h3-8,17H,1-2H3,(H,18,19). The molecule has 0 unspecified atom stereocenters. The first kappa shape index (κ1) is 16.0. The summed E-state index contributed by atoms with van der Waals surface area (Å²) >= 11 is 0. The van der Waals surface area contributed by atoms with E-state index < -0.39 is 33.1 Å². The molecule has 0 bridgehead atoms. The van der Waals surface area contributed by atoms with Gasteiger partial charge in [0.2, 0.25) is 0 Å². The predicted octanol–water partition coefficient (Wildman–Crippen LogP) is 2.94. The van der Waals surface area contributed by atoms with Crippen molar-refractivity contribution in [2.75, 3.05) is 4.72 Å². The second-order valence-electron chi connectivity index (χ2n) is 4.89. The summed E-state index contributed by atoms with van der Waals surface area (Å²) in [5.74, 6) is -2.35. The summed E-state index contributed by atoms with van der Waals surface area (Å²) in [5, 5.41) is 9.12. The summed E-state index contributed by atoms with van der Waals surface area (Å²) in [7, 11) is -4.07. The Kier molecular flexibility index (Phi) is 4.18. The molecule has 22 heavy (non-hydrogen) atoms. The van der Waals surface area contributed by atoms with Gasteiger partial charge in [-0.05, 0) is 43.7 Å². The number of hydrogen-bond donors (Lipinski definition) is 2. The minimum Gasteiger partial charge on any atom is -0.478 e. The Morgan fingerprint density at radius 3 is 2.23 bits per heavy atom.